The Morgan fingerprint density at radius 3 is 2.83 bits per heavy atom. The minimum absolute atomic E-state index is 0.0356. The number of aryl methyl sites for hydroxylation is 2. The Labute approximate surface area is 111 Å². The molecule has 1 aromatic heterocycles. The largest absolute Gasteiger partial charge is 0.287 e. The van der Waals surface area contributed by atoms with Crippen LogP contribution in [0.2, 0.25) is 5.02 Å². The molecule has 0 aliphatic carbocycles. The van der Waals surface area contributed by atoms with Crippen molar-refractivity contribution < 1.29 is 4.79 Å². The number of hydrogen-bond donors (Lipinski definition) is 0. The van der Waals surface area contributed by atoms with Crippen LogP contribution < -0.4 is 0 Å². The van der Waals surface area contributed by atoms with E-state index in [1.54, 1.807) is 23.0 Å². The van der Waals surface area contributed by atoms with E-state index in [0.29, 0.717) is 16.3 Å². The van der Waals surface area contributed by atoms with Gasteiger partial charge in [0.25, 0.3) is 0 Å². The molecule has 0 saturated carbocycles. The number of hydrogen-bond acceptors (Lipinski definition) is 2. The fraction of sp³-hybridized carbons (Fsp3) is 0.286. The molecule has 3 nitrogen and oxygen atoms in total. The van der Waals surface area contributed by atoms with Gasteiger partial charge in [0.2, 0.25) is 5.78 Å². The van der Waals surface area contributed by atoms with Crippen LogP contribution in [0.3, 0.4) is 0 Å². The summed E-state index contributed by atoms with van der Waals surface area (Å²) in [6, 6.07) is 7.12. The van der Waals surface area contributed by atoms with Gasteiger partial charge in [0.05, 0.1) is 0 Å². The highest BCUT2D eigenvalue weighted by Crippen LogP contribution is 2.17. The van der Waals surface area contributed by atoms with Crippen LogP contribution in [-0.4, -0.2) is 15.6 Å². The Balaban J connectivity index is 2.38. The van der Waals surface area contributed by atoms with Crippen molar-refractivity contribution in [2.45, 2.75) is 26.8 Å². The Kier molecular flexibility index (Phi) is 3.82. The molecule has 1 heterocycles. The first-order valence-corrected chi connectivity index (χ1v) is 6.33. The number of nitrogens with zero attached hydrogens (tertiary/aromatic N) is 2. The van der Waals surface area contributed by atoms with E-state index >= 15 is 0 Å². The summed E-state index contributed by atoms with van der Waals surface area (Å²) in [5.74, 6) is -0.0356. The van der Waals surface area contributed by atoms with Crippen LogP contribution in [-0.2, 0) is 6.54 Å². The van der Waals surface area contributed by atoms with Gasteiger partial charge in [-0.15, -0.1) is 0 Å². The van der Waals surface area contributed by atoms with Crippen LogP contribution >= 0.6 is 11.6 Å². The monoisotopic (exact) mass is 262 g/mol. The molecule has 0 aliphatic heterocycles. The Morgan fingerprint density at radius 1 is 1.39 bits per heavy atom. The summed E-state index contributed by atoms with van der Waals surface area (Å²) in [5.41, 5.74) is 2.20. The van der Waals surface area contributed by atoms with Gasteiger partial charge in [-0.3, -0.25) is 9.48 Å². The topological polar surface area (TPSA) is 34.9 Å². The van der Waals surface area contributed by atoms with Gasteiger partial charge in [0.15, 0.2) is 0 Å². The molecule has 0 saturated heterocycles. The van der Waals surface area contributed by atoms with Crippen molar-refractivity contribution in [2.24, 2.45) is 0 Å². The number of aromatic nitrogens is 2. The molecule has 18 heavy (non-hydrogen) atoms. The normalized spacial score (nSPS) is 10.6. The zero-order valence-corrected chi connectivity index (χ0v) is 11.2. The van der Waals surface area contributed by atoms with Crippen molar-refractivity contribution in [1.29, 1.82) is 0 Å². The summed E-state index contributed by atoms with van der Waals surface area (Å²) in [6.07, 6.45) is 2.59. The van der Waals surface area contributed by atoms with Crippen LogP contribution in [0, 0.1) is 6.92 Å². The van der Waals surface area contributed by atoms with Gasteiger partial charge in [0, 0.05) is 23.3 Å². The second kappa shape index (κ2) is 5.36. The maximum Gasteiger partial charge on any atom is 0.211 e. The summed E-state index contributed by atoms with van der Waals surface area (Å²) < 4.78 is 1.73. The Bertz CT molecular complexity index is 555. The van der Waals surface area contributed by atoms with E-state index in [2.05, 4.69) is 12.0 Å². The highest BCUT2D eigenvalue weighted by atomic mass is 35.5. The molecule has 0 fully saturated rings. The first-order valence-electron chi connectivity index (χ1n) is 5.95. The number of benzene rings is 1. The molecule has 4 heteroatoms. The molecule has 0 radical (unpaired) electrons. The van der Waals surface area contributed by atoms with Crippen LogP contribution in [0.5, 0.6) is 0 Å². The van der Waals surface area contributed by atoms with Crippen LogP contribution in [0.1, 0.15) is 35.0 Å². The molecule has 1 aromatic carbocycles. The van der Waals surface area contributed by atoms with E-state index in [1.165, 1.54) is 0 Å². The maximum atomic E-state index is 12.4. The third kappa shape index (κ3) is 2.62. The molecule has 0 amide bonds. The molecule has 94 valence electrons. The summed E-state index contributed by atoms with van der Waals surface area (Å²) in [4.78, 5) is 12.4. The standard InChI is InChI=1S/C14H15ClN2O/c1-3-6-17-13(4-5-16-17)14(18)11-7-10(2)8-12(15)9-11/h4-5,7-9H,3,6H2,1-2H3. The smallest absolute Gasteiger partial charge is 0.211 e. The Morgan fingerprint density at radius 2 is 2.17 bits per heavy atom. The lowest BCUT2D eigenvalue weighted by Crippen LogP contribution is -2.11. The lowest BCUT2D eigenvalue weighted by atomic mass is 10.1. The van der Waals surface area contributed by atoms with Gasteiger partial charge >= 0.3 is 0 Å². The zero-order valence-electron chi connectivity index (χ0n) is 10.5. The quantitative estimate of drug-likeness (QED) is 0.791. The lowest BCUT2D eigenvalue weighted by Gasteiger charge is -2.06. The van der Waals surface area contributed by atoms with E-state index < -0.39 is 0 Å². The second-order valence-corrected chi connectivity index (χ2v) is 4.72. The van der Waals surface area contributed by atoms with Gasteiger partial charge in [-0.1, -0.05) is 18.5 Å². The van der Waals surface area contributed by atoms with E-state index in [9.17, 15) is 4.79 Å². The van der Waals surface area contributed by atoms with Crippen LogP contribution in [0.15, 0.2) is 30.5 Å². The van der Waals surface area contributed by atoms with E-state index in [0.717, 1.165) is 18.5 Å². The van der Waals surface area contributed by atoms with Gasteiger partial charge in [-0.2, -0.15) is 5.10 Å². The third-order valence-electron chi connectivity index (χ3n) is 2.69. The molecule has 0 aliphatic rings. The van der Waals surface area contributed by atoms with Crippen LogP contribution in [0.25, 0.3) is 0 Å². The second-order valence-electron chi connectivity index (χ2n) is 4.29. The van der Waals surface area contributed by atoms with Crippen molar-refractivity contribution in [3.63, 3.8) is 0 Å². The van der Waals surface area contributed by atoms with Gasteiger partial charge in [0.1, 0.15) is 5.69 Å². The van der Waals surface area contributed by atoms with Crippen molar-refractivity contribution in [3.8, 4) is 0 Å². The molecule has 0 unspecified atom stereocenters. The van der Waals surface area contributed by atoms with Gasteiger partial charge in [-0.25, -0.2) is 0 Å². The number of rotatable bonds is 4. The predicted octanol–water partition coefficient (Wildman–Crippen LogP) is 3.49. The molecule has 0 atom stereocenters. The summed E-state index contributed by atoms with van der Waals surface area (Å²) in [6.45, 7) is 4.72. The van der Waals surface area contributed by atoms with Crippen molar-refractivity contribution >= 4 is 17.4 Å². The fourth-order valence-corrected chi connectivity index (χ4v) is 2.22. The fourth-order valence-electron chi connectivity index (χ4n) is 1.93. The maximum absolute atomic E-state index is 12.4. The average molecular weight is 263 g/mol. The molecule has 0 N–H and O–H groups in total. The average Bonchev–Trinajstić information content (AvgIpc) is 2.75. The van der Waals surface area contributed by atoms with Crippen molar-refractivity contribution in [3.05, 3.63) is 52.3 Å². The Hall–Kier alpha value is -1.61. The molecule has 0 spiro atoms. The van der Waals surface area contributed by atoms with Crippen LogP contribution in [0.4, 0.5) is 0 Å². The summed E-state index contributed by atoms with van der Waals surface area (Å²) >= 11 is 5.98. The highest BCUT2D eigenvalue weighted by Gasteiger charge is 2.14. The summed E-state index contributed by atoms with van der Waals surface area (Å²) in [5, 5.41) is 4.74. The van der Waals surface area contributed by atoms with E-state index in [1.807, 2.05) is 19.1 Å². The highest BCUT2D eigenvalue weighted by molar-refractivity contribution is 6.31. The molecular formula is C14H15ClN2O. The third-order valence-corrected chi connectivity index (χ3v) is 2.91. The summed E-state index contributed by atoms with van der Waals surface area (Å²) in [7, 11) is 0. The number of carbonyl (C=O) groups excluding carboxylic acids is 1. The zero-order chi connectivity index (χ0) is 13.1. The number of carbonyl (C=O) groups is 1. The molecule has 2 rings (SSSR count). The first-order chi connectivity index (χ1) is 8.61. The first kappa shape index (κ1) is 12.8. The van der Waals surface area contributed by atoms with E-state index in [-0.39, 0.29) is 5.78 Å². The lowest BCUT2D eigenvalue weighted by molar-refractivity contribution is 0.102. The number of ketones is 1. The van der Waals surface area contributed by atoms with Crippen molar-refractivity contribution in [2.75, 3.05) is 0 Å². The van der Waals surface area contributed by atoms with Crippen molar-refractivity contribution in [1.82, 2.24) is 9.78 Å². The molecular weight excluding hydrogens is 248 g/mol. The SMILES string of the molecule is CCCn1nccc1C(=O)c1cc(C)cc(Cl)c1. The van der Waals surface area contributed by atoms with Gasteiger partial charge < -0.3 is 0 Å². The molecule has 2 aromatic rings. The van der Waals surface area contributed by atoms with Gasteiger partial charge in [-0.05, 0) is 43.2 Å². The predicted molar refractivity (Wildman–Crippen MR) is 72.1 cm³/mol. The number of halogens is 1. The van der Waals surface area contributed by atoms with E-state index in [4.69, 9.17) is 11.6 Å². The minimum Gasteiger partial charge on any atom is -0.287 e. The molecule has 0 bridgehead atoms. The minimum atomic E-state index is -0.0356.